The number of para-hydroxylation sites is 1. The van der Waals surface area contributed by atoms with Gasteiger partial charge in [0.1, 0.15) is 11.6 Å². The van der Waals surface area contributed by atoms with Crippen LogP contribution in [0.15, 0.2) is 36.4 Å². The van der Waals surface area contributed by atoms with Gasteiger partial charge < -0.3 is 15.1 Å². The summed E-state index contributed by atoms with van der Waals surface area (Å²) in [4.78, 5) is 32.4. The molecule has 0 aliphatic carbocycles. The van der Waals surface area contributed by atoms with E-state index < -0.39 is 5.91 Å². The number of hydrogen-bond donors (Lipinski definition) is 1. The average Bonchev–Trinajstić information content (AvgIpc) is 2.64. The molecule has 0 radical (unpaired) electrons. The maximum atomic E-state index is 12.4. The van der Waals surface area contributed by atoms with Crippen molar-refractivity contribution in [2.75, 3.05) is 36.4 Å². The van der Waals surface area contributed by atoms with Gasteiger partial charge in [-0.1, -0.05) is 41.4 Å². The predicted octanol–water partition coefficient (Wildman–Crippen LogP) is 3.37. The number of benzene rings is 1. The Labute approximate surface area is 168 Å². The van der Waals surface area contributed by atoms with E-state index >= 15 is 0 Å². The van der Waals surface area contributed by atoms with Crippen molar-refractivity contribution >= 4 is 46.4 Å². The molecule has 1 aliphatic heterocycles. The van der Waals surface area contributed by atoms with E-state index in [2.05, 4.69) is 34.3 Å². The number of aromatic nitrogens is 1. The largest absolute Gasteiger partial charge is 0.368 e. The Morgan fingerprint density at radius 3 is 2.44 bits per heavy atom. The van der Waals surface area contributed by atoms with E-state index in [1.165, 1.54) is 17.3 Å². The molecule has 0 spiro atoms. The van der Waals surface area contributed by atoms with Crippen LogP contribution in [-0.2, 0) is 9.59 Å². The van der Waals surface area contributed by atoms with Gasteiger partial charge in [0.2, 0.25) is 11.8 Å². The molecule has 142 valence electrons. The Morgan fingerprint density at radius 1 is 1.07 bits per heavy atom. The van der Waals surface area contributed by atoms with Crippen molar-refractivity contribution in [3.8, 4) is 0 Å². The highest BCUT2D eigenvalue weighted by atomic mass is 35.5. The van der Waals surface area contributed by atoms with E-state index in [-0.39, 0.29) is 22.6 Å². The number of pyridine rings is 1. The highest BCUT2D eigenvalue weighted by molar-refractivity contribution is 6.34. The molecule has 0 atom stereocenters. The van der Waals surface area contributed by atoms with Gasteiger partial charge in [0.15, 0.2) is 5.15 Å². The molecule has 8 heteroatoms. The third-order valence-corrected chi connectivity index (χ3v) is 4.99. The fourth-order valence-electron chi connectivity index (χ4n) is 3.06. The number of halogens is 2. The summed E-state index contributed by atoms with van der Waals surface area (Å²) in [6, 6.07) is 11.3. The van der Waals surface area contributed by atoms with E-state index in [1.807, 2.05) is 12.1 Å². The maximum absolute atomic E-state index is 12.4. The van der Waals surface area contributed by atoms with Crippen LogP contribution in [0.5, 0.6) is 0 Å². The van der Waals surface area contributed by atoms with Gasteiger partial charge in [-0.3, -0.25) is 9.59 Å². The SMILES string of the molecule is Cc1ccccc1N1CCN(C(=O)CC(=O)Nc2ccc(Cl)nc2Cl)CC1. The number of aryl methyl sites for hydroxylation is 1. The van der Waals surface area contributed by atoms with E-state index in [9.17, 15) is 9.59 Å². The topological polar surface area (TPSA) is 65.5 Å². The molecular formula is C19H20Cl2N4O2. The van der Waals surface area contributed by atoms with Crippen LogP contribution >= 0.6 is 23.2 Å². The minimum absolute atomic E-state index is 0.0927. The fourth-order valence-corrected chi connectivity index (χ4v) is 3.46. The van der Waals surface area contributed by atoms with Crippen molar-refractivity contribution in [1.82, 2.24) is 9.88 Å². The molecule has 1 saturated heterocycles. The molecule has 1 aromatic carbocycles. The lowest BCUT2D eigenvalue weighted by Gasteiger charge is -2.36. The zero-order chi connectivity index (χ0) is 19.4. The first-order valence-electron chi connectivity index (χ1n) is 8.64. The summed E-state index contributed by atoms with van der Waals surface area (Å²) in [6.07, 6.45) is -0.233. The molecular weight excluding hydrogens is 387 g/mol. The van der Waals surface area contributed by atoms with E-state index in [4.69, 9.17) is 23.2 Å². The molecule has 2 amide bonds. The second-order valence-electron chi connectivity index (χ2n) is 6.35. The molecule has 1 aliphatic rings. The number of carbonyl (C=O) groups is 2. The number of hydrogen-bond acceptors (Lipinski definition) is 4. The molecule has 0 bridgehead atoms. The highest BCUT2D eigenvalue weighted by Crippen LogP contribution is 2.22. The first kappa shape index (κ1) is 19.5. The Bertz CT molecular complexity index is 851. The fraction of sp³-hybridized carbons (Fsp3) is 0.316. The van der Waals surface area contributed by atoms with Gasteiger partial charge in [-0.2, -0.15) is 0 Å². The van der Waals surface area contributed by atoms with Crippen molar-refractivity contribution in [3.05, 3.63) is 52.3 Å². The van der Waals surface area contributed by atoms with Gasteiger partial charge in [-0.25, -0.2) is 4.98 Å². The van der Waals surface area contributed by atoms with Gasteiger partial charge in [-0.15, -0.1) is 0 Å². The first-order valence-corrected chi connectivity index (χ1v) is 9.40. The van der Waals surface area contributed by atoms with Crippen LogP contribution in [0, 0.1) is 6.92 Å². The van der Waals surface area contributed by atoms with E-state index in [0.717, 1.165) is 13.1 Å². The molecule has 27 heavy (non-hydrogen) atoms. The standard InChI is InChI=1S/C19H20Cl2N4O2/c1-13-4-2-3-5-15(13)24-8-10-25(11-9-24)18(27)12-17(26)22-14-6-7-16(20)23-19(14)21/h2-7H,8-12H2,1H3,(H,22,26). The number of nitrogens with one attached hydrogen (secondary N) is 1. The quantitative estimate of drug-likeness (QED) is 0.624. The number of carbonyl (C=O) groups excluding carboxylic acids is 2. The molecule has 3 rings (SSSR count). The number of piperazine rings is 1. The summed E-state index contributed by atoms with van der Waals surface area (Å²) >= 11 is 11.7. The molecule has 1 fully saturated rings. The summed E-state index contributed by atoms with van der Waals surface area (Å²) in [5.74, 6) is -0.623. The van der Waals surface area contributed by atoms with Gasteiger partial charge >= 0.3 is 0 Å². The van der Waals surface area contributed by atoms with Crippen LogP contribution in [0.4, 0.5) is 11.4 Å². The lowest BCUT2D eigenvalue weighted by atomic mass is 10.1. The summed E-state index contributed by atoms with van der Waals surface area (Å²) in [5, 5.41) is 2.93. The molecule has 2 aromatic rings. The van der Waals surface area contributed by atoms with Crippen molar-refractivity contribution in [3.63, 3.8) is 0 Å². The molecule has 1 aromatic heterocycles. The van der Waals surface area contributed by atoms with Crippen molar-refractivity contribution < 1.29 is 9.59 Å². The monoisotopic (exact) mass is 406 g/mol. The Morgan fingerprint density at radius 2 is 1.78 bits per heavy atom. The van der Waals surface area contributed by atoms with Crippen LogP contribution in [0.1, 0.15) is 12.0 Å². The van der Waals surface area contributed by atoms with Gasteiger partial charge in [0, 0.05) is 31.9 Å². The van der Waals surface area contributed by atoms with Gasteiger partial charge in [0.05, 0.1) is 5.69 Å². The third kappa shape index (κ3) is 4.90. The Kier molecular flexibility index (Phi) is 6.19. The number of rotatable bonds is 4. The normalized spacial score (nSPS) is 14.2. The number of nitrogens with zero attached hydrogens (tertiary/aromatic N) is 3. The van der Waals surface area contributed by atoms with Crippen LogP contribution in [-0.4, -0.2) is 47.9 Å². The third-order valence-electron chi connectivity index (χ3n) is 4.49. The van der Waals surface area contributed by atoms with Crippen LogP contribution in [0.25, 0.3) is 0 Å². The molecule has 6 nitrogen and oxygen atoms in total. The Balaban J connectivity index is 1.52. The number of anilines is 2. The summed E-state index contributed by atoms with van der Waals surface area (Å²) in [5.41, 5.74) is 2.74. The summed E-state index contributed by atoms with van der Waals surface area (Å²) in [7, 11) is 0. The smallest absolute Gasteiger partial charge is 0.233 e. The van der Waals surface area contributed by atoms with Crippen molar-refractivity contribution in [1.29, 1.82) is 0 Å². The predicted molar refractivity (Wildman–Crippen MR) is 107 cm³/mol. The molecule has 0 saturated carbocycles. The lowest BCUT2D eigenvalue weighted by Crippen LogP contribution is -2.49. The highest BCUT2D eigenvalue weighted by Gasteiger charge is 2.23. The zero-order valence-corrected chi connectivity index (χ0v) is 16.4. The second kappa shape index (κ2) is 8.59. The minimum Gasteiger partial charge on any atom is -0.368 e. The number of amides is 2. The van der Waals surface area contributed by atoms with Crippen LogP contribution in [0.2, 0.25) is 10.3 Å². The van der Waals surface area contributed by atoms with Crippen LogP contribution < -0.4 is 10.2 Å². The van der Waals surface area contributed by atoms with Crippen LogP contribution in [0.3, 0.4) is 0 Å². The van der Waals surface area contributed by atoms with E-state index in [0.29, 0.717) is 18.8 Å². The molecule has 0 unspecified atom stereocenters. The minimum atomic E-state index is -0.424. The molecule has 2 heterocycles. The van der Waals surface area contributed by atoms with Crippen molar-refractivity contribution in [2.45, 2.75) is 13.3 Å². The Hall–Kier alpha value is -2.31. The first-order chi connectivity index (χ1) is 12.9. The summed E-state index contributed by atoms with van der Waals surface area (Å²) < 4.78 is 0. The maximum Gasteiger partial charge on any atom is 0.233 e. The zero-order valence-electron chi connectivity index (χ0n) is 14.9. The second-order valence-corrected chi connectivity index (χ2v) is 7.10. The van der Waals surface area contributed by atoms with E-state index in [1.54, 1.807) is 11.0 Å². The lowest BCUT2D eigenvalue weighted by molar-refractivity contribution is -0.134. The van der Waals surface area contributed by atoms with Gasteiger partial charge in [-0.05, 0) is 30.7 Å². The molecule has 1 N–H and O–H groups in total. The summed E-state index contributed by atoms with van der Waals surface area (Å²) in [6.45, 7) is 4.73. The average molecular weight is 407 g/mol. The van der Waals surface area contributed by atoms with Crippen molar-refractivity contribution in [2.24, 2.45) is 0 Å². The van der Waals surface area contributed by atoms with Gasteiger partial charge in [0.25, 0.3) is 0 Å².